The Morgan fingerprint density at radius 2 is 2.58 bits per heavy atom. The summed E-state index contributed by atoms with van der Waals surface area (Å²) in [5.74, 6) is -0.968. The number of thioether (sulfide) groups is 1. The van der Waals surface area contributed by atoms with E-state index in [1.54, 1.807) is 17.9 Å². The van der Waals surface area contributed by atoms with Crippen LogP contribution in [0.2, 0.25) is 0 Å². The number of rotatable bonds is 3. The van der Waals surface area contributed by atoms with Gasteiger partial charge in [-0.15, -0.1) is 10.2 Å². The third-order valence-electron chi connectivity index (χ3n) is 1.05. The van der Waals surface area contributed by atoms with Crippen LogP contribution in [0.5, 0.6) is 0 Å². The molecule has 12 heavy (non-hydrogen) atoms. The number of carboxylic acids is 1. The molecular formula is C6H7N3O2S. The van der Waals surface area contributed by atoms with E-state index in [0.29, 0.717) is 5.16 Å². The van der Waals surface area contributed by atoms with Gasteiger partial charge in [0.15, 0.2) is 5.16 Å². The minimum atomic E-state index is -0.968. The Bertz CT molecular complexity index is 307. The predicted octanol–water partition coefficient (Wildman–Crippen LogP) is 0.505. The van der Waals surface area contributed by atoms with Crippen molar-refractivity contribution in [3.63, 3.8) is 0 Å². The van der Waals surface area contributed by atoms with Gasteiger partial charge >= 0.3 is 5.97 Å². The van der Waals surface area contributed by atoms with Gasteiger partial charge in [-0.05, 0) is 5.41 Å². The first kappa shape index (κ1) is 8.79. The van der Waals surface area contributed by atoms with Crippen LogP contribution < -0.4 is 0 Å². The van der Waals surface area contributed by atoms with E-state index in [0.717, 1.165) is 6.08 Å². The third-order valence-corrected chi connectivity index (χ3v) is 1.91. The van der Waals surface area contributed by atoms with Gasteiger partial charge in [0.2, 0.25) is 0 Å². The second-order valence-corrected chi connectivity index (χ2v) is 2.86. The van der Waals surface area contributed by atoms with E-state index < -0.39 is 5.97 Å². The van der Waals surface area contributed by atoms with Crippen molar-refractivity contribution < 1.29 is 9.90 Å². The summed E-state index contributed by atoms with van der Waals surface area (Å²) >= 11 is 1.21. The van der Waals surface area contributed by atoms with Crippen LogP contribution in [0.4, 0.5) is 0 Å². The molecule has 1 aromatic rings. The number of aliphatic carboxylic acids is 1. The fourth-order valence-electron chi connectivity index (χ4n) is 0.532. The summed E-state index contributed by atoms with van der Waals surface area (Å²) in [5.41, 5.74) is 0. The smallest absolute Gasteiger partial charge is 0.328 e. The standard InChI is InChI=1S/C6H7N3O2S/c1-9-4-7-8-6(9)12-3-2-5(10)11/h2-4H,1H3,(H,10,11)/b3-2+. The lowest BCUT2D eigenvalue weighted by Gasteiger charge is -1.91. The minimum absolute atomic E-state index is 0.660. The molecule has 1 aromatic heterocycles. The number of hydrogen-bond donors (Lipinski definition) is 1. The SMILES string of the molecule is Cn1cnnc1S/C=C/C(=O)O. The van der Waals surface area contributed by atoms with Crippen molar-refractivity contribution in [2.75, 3.05) is 0 Å². The van der Waals surface area contributed by atoms with E-state index in [1.165, 1.54) is 17.2 Å². The highest BCUT2D eigenvalue weighted by Gasteiger charge is 1.97. The maximum atomic E-state index is 10.1. The highest BCUT2D eigenvalue weighted by atomic mass is 32.2. The molecule has 0 aliphatic rings. The van der Waals surface area contributed by atoms with Crippen molar-refractivity contribution in [3.8, 4) is 0 Å². The molecule has 1 N–H and O–H groups in total. The zero-order chi connectivity index (χ0) is 8.97. The van der Waals surface area contributed by atoms with Crippen molar-refractivity contribution in [2.24, 2.45) is 7.05 Å². The molecule has 1 heterocycles. The fraction of sp³-hybridized carbons (Fsp3) is 0.167. The summed E-state index contributed by atoms with van der Waals surface area (Å²) in [5, 5.41) is 17.8. The molecule has 5 nitrogen and oxygen atoms in total. The van der Waals surface area contributed by atoms with E-state index >= 15 is 0 Å². The normalized spacial score (nSPS) is 10.8. The van der Waals surface area contributed by atoms with Gasteiger partial charge in [0.1, 0.15) is 6.33 Å². The largest absolute Gasteiger partial charge is 0.478 e. The summed E-state index contributed by atoms with van der Waals surface area (Å²) in [4.78, 5) is 10.1. The molecule has 0 aliphatic carbocycles. The Balaban J connectivity index is 2.54. The molecule has 6 heteroatoms. The van der Waals surface area contributed by atoms with Gasteiger partial charge in [0.25, 0.3) is 0 Å². The molecule has 0 saturated heterocycles. The summed E-state index contributed by atoms with van der Waals surface area (Å²) < 4.78 is 1.71. The molecular weight excluding hydrogens is 178 g/mol. The van der Waals surface area contributed by atoms with E-state index in [4.69, 9.17) is 5.11 Å². The molecule has 0 radical (unpaired) electrons. The lowest BCUT2D eigenvalue weighted by Crippen LogP contribution is -1.88. The summed E-state index contributed by atoms with van der Waals surface area (Å²) in [7, 11) is 1.79. The Morgan fingerprint density at radius 1 is 1.83 bits per heavy atom. The van der Waals surface area contributed by atoms with Gasteiger partial charge in [0, 0.05) is 13.1 Å². The molecule has 0 unspecified atom stereocenters. The summed E-state index contributed by atoms with van der Waals surface area (Å²) in [6.07, 6.45) is 2.61. The van der Waals surface area contributed by atoms with Gasteiger partial charge in [-0.3, -0.25) is 0 Å². The monoisotopic (exact) mass is 185 g/mol. The average Bonchev–Trinajstić information content (AvgIpc) is 2.36. The van der Waals surface area contributed by atoms with Crippen LogP contribution >= 0.6 is 11.8 Å². The molecule has 0 atom stereocenters. The molecule has 0 fully saturated rings. The molecule has 0 saturated carbocycles. The van der Waals surface area contributed by atoms with E-state index in [9.17, 15) is 4.79 Å². The first-order valence-electron chi connectivity index (χ1n) is 3.10. The van der Waals surface area contributed by atoms with Gasteiger partial charge in [0.05, 0.1) is 0 Å². The molecule has 0 bridgehead atoms. The van der Waals surface area contributed by atoms with Crippen LogP contribution in [0.25, 0.3) is 0 Å². The lowest BCUT2D eigenvalue weighted by molar-refractivity contribution is -0.131. The third kappa shape index (κ3) is 2.39. The van der Waals surface area contributed by atoms with Crippen LogP contribution in [-0.2, 0) is 11.8 Å². The van der Waals surface area contributed by atoms with Gasteiger partial charge in [-0.2, -0.15) is 0 Å². The minimum Gasteiger partial charge on any atom is -0.478 e. The van der Waals surface area contributed by atoms with Crippen molar-refractivity contribution in [3.05, 3.63) is 17.8 Å². The quantitative estimate of drug-likeness (QED) is 0.548. The van der Waals surface area contributed by atoms with Crippen LogP contribution in [0.15, 0.2) is 23.0 Å². The molecule has 0 spiro atoms. The zero-order valence-corrected chi connectivity index (χ0v) is 7.15. The van der Waals surface area contributed by atoms with E-state index in [2.05, 4.69) is 10.2 Å². The average molecular weight is 185 g/mol. The molecule has 0 aliphatic heterocycles. The highest BCUT2D eigenvalue weighted by molar-refractivity contribution is 8.02. The van der Waals surface area contributed by atoms with Crippen molar-refractivity contribution in [1.29, 1.82) is 0 Å². The van der Waals surface area contributed by atoms with Crippen molar-refractivity contribution in [2.45, 2.75) is 5.16 Å². The highest BCUT2D eigenvalue weighted by Crippen LogP contribution is 2.13. The maximum Gasteiger partial charge on any atom is 0.328 e. The molecule has 64 valence electrons. The Labute approximate surface area is 73.1 Å². The van der Waals surface area contributed by atoms with Crippen molar-refractivity contribution >= 4 is 17.7 Å². The number of carbonyl (C=O) groups is 1. The van der Waals surface area contributed by atoms with E-state index in [1.807, 2.05) is 0 Å². The second-order valence-electron chi connectivity index (χ2n) is 1.98. The predicted molar refractivity (Wildman–Crippen MR) is 43.6 cm³/mol. The number of hydrogen-bond acceptors (Lipinski definition) is 4. The van der Waals surface area contributed by atoms with E-state index in [-0.39, 0.29) is 0 Å². The Kier molecular flexibility index (Phi) is 2.87. The van der Waals surface area contributed by atoms with Gasteiger partial charge < -0.3 is 9.67 Å². The molecule has 1 rings (SSSR count). The van der Waals surface area contributed by atoms with Gasteiger partial charge in [-0.25, -0.2) is 4.79 Å². The maximum absolute atomic E-state index is 10.1. The number of aryl methyl sites for hydroxylation is 1. The topological polar surface area (TPSA) is 68.0 Å². The second kappa shape index (κ2) is 3.91. The van der Waals surface area contributed by atoms with Crippen LogP contribution in [0.1, 0.15) is 0 Å². The first-order chi connectivity index (χ1) is 5.70. The van der Waals surface area contributed by atoms with Crippen LogP contribution in [-0.4, -0.2) is 25.8 Å². The number of carboxylic acid groups (broad SMARTS) is 1. The molecule has 0 aromatic carbocycles. The first-order valence-corrected chi connectivity index (χ1v) is 3.98. The summed E-state index contributed by atoms with van der Waals surface area (Å²) in [6, 6.07) is 0. The lowest BCUT2D eigenvalue weighted by atomic mass is 10.7. The van der Waals surface area contributed by atoms with Crippen LogP contribution in [0.3, 0.4) is 0 Å². The Hall–Kier alpha value is -1.30. The van der Waals surface area contributed by atoms with Crippen molar-refractivity contribution in [1.82, 2.24) is 14.8 Å². The zero-order valence-electron chi connectivity index (χ0n) is 6.34. The van der Waals surface area contributed by atoms with Gasteiger partial charge in [-0.1, -0.05) is 11.8 Å². The number of nitrogens with zero attached hydrogens (tertiary/aromatic N) is 3. The fourth-order valence-corrected chi connectivity index (χ4v) is 1.15. The Morgan fingerprint density at radius 3 is 3.08 bits per heavy atom. The summed E-state index contributed by atoms with van der Waals surface area (Å²) in [6.45, 7) is 0. The number of aromatic nitrogens is 3. The van der Waals surface area contributed by atoms with Crippen LogP contribution in [0, 0.1) is 0 Å². The molecule has 0 amide bonds.